The van der Waals surface area contributed by atoms with Crippen LogP contribution in [0.1, 0.15) is 11.4 Å². The first-order valence-corrected chi connectivity index (χ1v) is 4.75. The van der Waals surface area contributed by atoms with Crippen molar-refractivity contribution in [1.29, 1.82) is 10.5 Å². The van der Waals surface area contributed by atoms with Crippen LogP contribution in [0.15, 0.2) is 12.7 Å². The van der Waals surface area contributed by atoms with Gasteiger partial charge in [0.25, 0.3) is 0 Å². The summed E-state index contributed by atoms with van der Waals surface area (Å²) in [4.78, 5) is 11.6. The first kappa shape index (κ1) is 11.4. The third-order valence-corrected chi connectivity index (χ3v) is 2.23. The molecule has 2 heterocycles. The number of nitrogens with two attached hydrogens (primary N) is 1. The summed E-state index contributed by atoms with van der Waals surface area (Å²) >= 11 is 0. The van der Waals surface area contributed by atoms with Crippen molar-refractivity contribution in [3.63, 3.8) is 0 Å². The van der Waals surface area contributed by atoms with Crippen molar-refractivity contribution < 1.29 is 4.74 Å². The summed E-state index contributed by atoms with van der Waals surface area (Å²) < 4.78 is 6.27. The highest BCUT2D eigenvalue weighted by molar-refractivity contribution is 5.61. The topological polar surface area (TPSA) is 126 Å². The fourth-order valence-electron chi connectivity index (χ4n) is 1.42. The second-order valence-electron chi connectivity index (χ2n) is 3.16. The molecule has 0 amide bonds. The van der Waals surface area contributed by atoms with Crippen LogP contribution in [0.2, 0.25) is 0 Å². The zero-order chi connectivity index (χ0) is 13.1. The number of nitrogen functional groups attached to an aromatic ring is 1. The SMILES string of the molecule is COc1ncnc(-n2cnc(C#N)c2C#N)c1N. The van der Waals surface area contributed by atoms with Crippen molar-refractivity contribution in [3.05, 3.63) is 24.0 Å². The van der Waals surface area contributed by atoms with Crippen LogP contribution in [0.4, 0.5) is 5.69 Å². The number of methoxy groups -OCH3 is 1. The lowest BCUT2D eigenvalue weighted by atomic mass is 10.3. The van der Waals surface area contributed by atoms with E-state index in [1.54, 1.807) is 0 Å². The summed E-state index contributed by atoms with van der Waals surface area (Å²) in [5, 5.41) is 17.8. The van der Waals surface area contributed by atoms with Gasteiger partial charge >= 0.3 is 0 Å². The zero-order valence-electron chi connectivity index (χ0n) is 9.32. The number of anilines is 1. The molecule has 2 aromatic heterocycles. The molecule has 88 valence electrons. The molecule has 0 atom stereocenters. The van der Waals surface area contributed by atoms with Crippen LogP contribution in [0.3, 0.4) is 0 Å². The molecule has 0 saturated heterocycles. The average molecular weight is 241 g/mol. The van der Waals surface area contributed by atoms with E-state index < -0.39 is 0 Å². The highest BCUT2D eigenvalue weighted by Gasteiger charge is 2.16. The van der Waals surface area contributed by atoms with E-state index in [1.807, 2.05) is 12.1 Å². The smallest absolute Gasteiger partial charge is 0.242 e. The lowest BCUT2D eigenvalue weighted by Crippen LogP contribution is -2.07. The van der Waals surface area contributed by atoms with E-state index in [2.05, 4.69) is 15.0 Å². The maximum Gasteiger partial charge on any atom is 0.242 e. The average Bonchev–Trinajstić information content (AvgIpc) is 2.81. The molecule has 0 spiro atoms. The Kier molecular flexibility index (Phi) is 2.77. The summed E-state index contributed by atoms with van der Waals surface area (Å²) in [6, 6.07) is 3.69. The molecule has 0 unspecified atom stereocenters. The molecule has 8 nitrogen and oxygen atoms in total. The summed E-state index contributed by atoms with van der Waals surface area (Å²) in [6.45, 7) is 0. The molecule has 0 fully saturated rings. The third-order valence-electron chi connectivity index (χ3n) is 2.23. The van der Waals surface area contributed by atoms with E-state index in [-0.39, 0.29) is 28.8 Å². The molecular formula is C10H7N7O. The Hall–Kier alpha value is -3.13. The van der Waals surface area contributed by atoms with Gasteiger partial charge in [0.1, 0.15) is 30.5 Å². The monoisotopic (exact) mass is 241 g/mol. The van der Waals surface area contributed by atoms with E-state index in [4.69, 9.17) is 21.0 Å². The van der Waals surface area contributed by atoms with Crippen LogP contribution in [0, 0.1) is 22.7 Å². The van der Waals surface area contributed by atoms with Gasteiger partial charge in [0, 0.05) is 0 Å². The van der Waals surface area contributed by atoms with Crippen molar-refractivity contribution in [2.45, 2.75) is 0 Å². The Morgan fingerprint density at radius 3 is 2.67 bits per heavy atom. The van der Waals surface area contributed by atoms with Crippen LogP contribution in [-0.2, 0) is 0 Å². The Balaban J connectivity index is 2.68. The number of aromatic nitrogens is 4. The molecular weight excluding hydrogens is 234 g/mol. The molecule has 2 N–H and O–H groups in total. The highest BCUT2D eigenvalue weighted by Crippen LogP contribution is 2.24. The molecule has 0 aliphatic heterocycles. The molecule has 0 bridgehead atoms. The summed E-state index contributed by atoms with van der Waals surface area (Å²) in [7, 11) is 1.42. The quantitative estimate of drug-likeness (QED) is 0.783. The van der Waals surface area contributed by atoms with Gasteiger partial charge in [-0.3, -0.25) is 4.57 Å². The maximum atomic E-state index is 9.02. The second-order valence-corrected chi connectivity index (χ2v) is 3.16. The molecule has 0 aliphatic carbocycles. The van der Waals surface area contributed by atoms with Crippen LogP contribution >= 0.6 is 0 Å². The molecule has 8 heteroatoms. The Bertz CT molecular complexity index is 677. The normalized spacial score (nSPS) is 9.50. The molecule has 0 saturated carbocycles. The highest BCUT2D eigenvalue weighted by atomic mass is 16.5. The lowest BCUT2D eigenvalue weighted by Gasteiger charge is -2.08. The van der Waals surface area contributed by atoms with Gasteiger partial charge in [-0.05, 0) is 0 Å². The van der Waals surface area contributed by atoms with E-state index >= 15 is 0 Å². The molecule has 0 aromatic carbocycles. The second kappa shape index (κ2) is 4.39. The van der Waals surface area contributed by atoms with Gasteiger partial charge in [0.15, 0.2) is 17.2 Å². The van der Waals surface area contributed by atoms with Gasteiger partial charge in [-0.25, -0.2) is 9.97 Å². The minimum Gasteiger partial charge on any atom is -0.479 e. The van der Waals surface area contributed by atoms with Crippen molar-refractivity contribution in [2.75, 3.05) is 12.8 Å². The molecule has 18 heavy (non-hydrogen) atoms. The number of nitriles is 2. The van der Waals surface area contributed by atoms with Gasteiger partial charge in [-0.15, -0.1) is 0 Å². The van der Waals surface area contributed by atoms with Gasteiger partial charge in [-0.1, -0.05) is 0 Å². The van der Waals surface area contributed by atoms with E-state index in [9.17, 15) is 0 Å². The minimum absolute atomic E-state index is 0.00878. The van der Waals surface area contributed by atoms with E-state index in [0.29, 0.717) is 0 Å². The number of rotatable bonds is 2. The van der Waals surface area contributed by atoms with Gasteiger partial charge in [-0.2, -0.15) is 15.5 Å². The minimum atomic E-state index is 0.00878. The number of hydrogen-bond acceptors (Lipinski definition) is 7. The number of ether oxygens (including phenoxy) is 1. The van der Waals surface area contributed by atoms with Crippen molar-refractivity contribution in [2.24, 2.45) is 0 Å². The Labute approximate surface area is 102 Å². The maximum absolute atomic E-state index is 9.02. The molecule has 2 rings (SSSR count). The van der Waals surface area contributed by atoms with Crippen LogP contribution < -0.4 is 10.5 Å². The predicted octanol–water partition coefficient (Wildman–Crippen LogP) is -0.00354. The van der Waals surface area contributed by atoms with Crippen LogP contribution in [-0.4, -0.2) is 26.6 Å². The van der Waals surface area contributed by atoms with E-state index in [0.717, 1.165) is 0 Å². The first-order valence-electron chi connectivity index (χ1n) is 4.75. The largest absolute Gasteiger partial charge is 0.479 e. The van der Waals surface area contributed by atoms with Gasteiger partial charge in [0.2, 0.25) is 5.88 Å². The van der Waals surface area contributed by atoms with Crippen molar-refractivity contribution in [1.82, 2.24) is 19.5 Å². The third kappa shape index (κ3) is 1.58. The van der Waals surface area contributed by atoms with E-state index in [1.165, 1.54) is 24.3 Å². The number of hydrogen-bond donors (Lipinski definition) is 1. The summed E-state index contributed by atoms with van der Waals surface area (Å²) in [5.41, 5.74) is 6.04. The summed E-state index contributed by atoms with van der Waals surface area (Å²) in [6.07, 6.45) is 2.55. The van der Waals surface area contributed by atoms with Gasteiger partial charge < -0.3 is 10.5 Å². The molecule has 0 radical (unpaired) electrons. The molecule has 0 aliphatic rings. The fraction of sp³-hybridized carbons (Fsp3) is 0.100. The lowest BCUT2D eigenvalue weighted by molar-refractivity contribution is 0.399. The van der Waals surface area contributed by atoms with Gasteiger partial charge in [0.05, 0.1) is 7.11 Å². The van der Waals surface area contributed by atoms with Crippen LogP contribution in [0.5, 0.6) is 5.88 Å². The number of nitrogens with zero attached hydrogens (tertiary/aromatic N) is 6. The first-order chi connectivity index (χ1) is 8.72. The Morgan fingerprint density at radius 2 is 2.06 bits per heavy atom. The standard InChI is InChI=1S/C10H7N7O/c1-18-10-8(13)9(14-4-15-10)17-5-16-6(2-11)7(17)3-12/h4-5H,13H2,1H3. The van der Waals surface area contributed by atoms with Crippen LogP contribution in [0.25, 0.3) is 5.82 Å². The van der Waals surface area contributed by atoms with Crippen molar-refractivity contribution in [3.8, 4) is 23.8 Å². The zero-order valence-corrected chi connectivity index (χ0v) is 9.32. The summed E-state index contributed by atoms with van der Waals surface area (Å²) in [5.74, 6) is 0.434. The Morgan fingerprint density at radius 1 is 1.28 bits per heavy atom. The fourth-order valence-corrected chi connectivity index (χ4v) is 1.42. The molecule has 2 aromatic rings. The van der Waals surface area contributed by atoms with Crippen molar-refractivity contribution >= 4 is 5.69 Å². The number of imidazole rings is 1. The predicted molar refractivity (Wildman–Crippen MR) is 59.5 cm³/mol.